The van der Waals surface area contributed by atoms with Gasteiger partial charge in [-0.2, -0.15) is 0 Å². The Morgan fingerprint density at radius 2 is 2.17 bits per heavy atom. The molecule has 4 rings (SSSR count). The first kappa shape index (κ1) is 14.6. The highest BCUT2D eigenvalue weighted by atomic mass is 16.5. The van der Waals surface area contributed by atoms with Crippen molar-refractivity contribution in [3.05, 3.63) is 36.3 Å². The van der Waals surface area contributed by atoms with E-state index in [4.69, 9.17) is 9.72 Å². The van der Waals surface area contributed by atoms with Gasteiger partial charge in [0.15, 0.2) is 5.82 Å². The molecule has 5 heteroatoms. The Bertz CT molecular complexity index is 676. The maximum absolute atomic E-state index is 5.86. The van der Waals surface area contributed by atoms with Gasteiger partial charge in [0.05, 0.1) is 6.10 Å². The van der Waals surface area contributed by atoms with Crippen molar-refractivity contribution in [2.45, 2.75) is 44.8 Å². The average molecular weight is 310 g/mol. The molecular weight excluding hydrogens is 288 g/mol. The van der Waals surface area contributed by atoms with Crippen LogP contribution < -0.4 is 5.32 Å². The van der Waals surface area contributed by atoms with Crippen molar-refractivity contribution in [3.8, 4) is 11.4 Å². The SMILES string of the molecule is Cc1cc(NC2CCCC3OCCC23)nc(-c2cccnc2)n1. The monoisotopic (exact) mass is 310 g/mol. The van der Waals surface area contributed by atoms with Crippen molar-refractivity contribution in [1.82, 2.24) is 15.0 Å². The molecule has 5 nitrogen and oxygen atoms in total. The number of anilines is 1. The standard InChI is InChI=1S/C18H22N4O/c1-12-10-17(22-18(20-12)13-4-3-8-19-11-13)21-15-5-2-6-16-14(15)7-9-23-16/h3-4,8,10-11,14-16H,2,5-7,9H2,1H3,(H,20,21,22). The molecule has 0 amide bonds. The molecule has 0 aromatic carbocycles. The second kappa shape index (κ2) is 6.24. The highest BCUT2D eigenvalue weighted by Crippen LogP contribution is 2.36. The molecule has 1 aliphatic heterocycles. The molecule has 2 fully saturated rings. The van der Waals surface area contributed by atoms with E-state index in [1.807, 2.05) is 25.1 Å². The van der Waals surface area contributed by atoms with Gasteiger partial charge in [-0.1, -0.05) is 0 Å². The largest absolute Gasteiger partial charge is 0.378 e. The lowest BCUT2D eigenvalue weighted by atomic mass is 9.82. The second-order valence-electron chi connectivity index (χ2n) is 6.50. The van der Waals surface area contributed by atoms with Gasteiger partial charge < -0.3 is 10.1 Å². The molecule has 1 aliphatic carbocycles. The minimum absolute atomic E-state index is 0.432. The Morgan fingerprint density at radius 1 is 1.22 bits per heavy atom. The van der Waals surface area contributed by atoms with E-state index < -0.39 is 0 Å². The number of aromatic nitrogens is 3. The number of pyridine rings is 1. The van der Waals surface area contributed by atoms with E-state index >= 15 is 0 Å². The summed E-state index contributed by atoms with van der Waals surface area (Å²) in [5, 5.41) is 3.65. The van der Waals surface area contributed by atoms with Crippen molar-refractivity contribution in [3.63, 3.8) is 0 Å². The van der Waals surface area contributed by atoms with Gasteiger partial charge in [-0.05, 0) is 44.7 Å². The summed E-state index contributed by atoms with van der Waals surface area (Å²) in [6, 6.07) is 6.38. The molecule has 1 saturated carbocycles. The summed E-state index contributed by atoms with van der Waals surface area (Å²) in [6.45, 7) is 2.91. The normalized spacial score (nSPS) is 26.7. The third kappa shape index (κ3) is 3.06. The molecule has 0 radical (unpaired) electrons. The van der Waals surface area contributed by atoms with E-state index in [1.54, 1.807) is 12.4 Å². The zero-order valence-corrected chi connectivity index (χ0v) is 13.4. The topological polar surface area (TPSA) is 59.9 Å². The molecule has 23 heavy (non-hydrogen) atoms. The highest BCUT2D eigenvalue weighted by molar-refractivity contribution is 5.56. The quantitative estimate of drug-likeness (QED) is 0.943. The minimum atomic E-state index is 0.432. The summed E-state index contributed by atoms with van der Waals surface area (Å²) >= 11 is 0. The summed E-state index contributed by atoms with van der Waals surface area (Å²) in [5.74, 6) is 2.25. The Balaban J connectivity index is 1.58. The number of fused-ring (bicyclic) bond motifs is 1. The maximum atomic E-state index is 5.86. The molecule has 2 aliphatic rings. The van der Waals surface area contributed by atoms with Crippen molar-refractivity contribution in [2.75, 3.05) is 11.9 Å². The van der Waals surface area contributed by atoms with Crippen LogP contribution >= 0.6 is 0 Å². The van der Waals surface area contributed by atoms with E-state index in [-0.39, 0.29) is 0 Å². The van der Waals surface area contributed by atoms with Crippen LogP contribution in [-0.4, -0.2) is 33.7 Å². The lowest BCUT2D eigenvalue weighted by Gasteiger charge is -2.33. The third-order valence-corrected chi connectivity index (χ3v) is 4.89. The molecule has 3 unspecified atom stereocenters. The van der Waals surface area contributed by atoms with Crippen LogP contribution in [0.2, 0.25) is 0 Å². The van der Waals surface area contributed by atoms with Gasteiger partial charge in [-0.3, -0.25) is 4.98 Å². The molecule has 1 saturated heterocycles. The van der Waals surface area contributed by atoms with Crippen LogP contribution in [0.4, 0.5) is 5.82 Å². The van der Waals surface area contributed by atoms with Crippen molar-refractivity contribution < 1.29 is 4.74 Å². The molecule has 0 bridgehead atoms. The number of aryl methyl sites for hydroxylation is 1. The number of hydrogen-bond acceptors (Lipinski definition) is 5. The summed E-state index contributed by atoms with van der Waals surface area (Å²) < 4.78 is 5.86. The van der Waals surface area contributed by atoms with Crippen molar-refractivity contribution in [2.24, 2.45) is 5.92 Å². The molecule has 120 valence electrons. The summed E-state index contributed by atoms with van der Waals surface area (Å²) in [4.78, 5) is 13.4. The zero-order chi connectivity index (χ0) is 15.6. The molecular formula is C18H22N4O. The van der Waals surface area contributed by atoms with Crippen molar-refractivity contribution in [1.29, 1.82) is 0 Å². The third-order valence-electron chi connectivity index (χ3n) is 4.89. The first-order valence-electron chi connectivity index (χ1n) is 8.44. The van der Waals surface area contributed by atoms with Crippen LogP contribution in [0.1, 0.15) is 31.4 Å². The Labute approximate surface area is 136 Å². The van der Waals surface area contributed by atoms with E-state index in [9.17, 15) is 0 Å². The summed E-state index contributed by atoms with van der Waals surface area (Å²) in [6.07, 6.45) is 8.77. The van der Waals surface area contributed by atoms with E-state index in [2.05, 4.69) is 15.3 Å². The number of nitrogens with one attached hydrogen (secondary N) is 1. The Kier molecular flexibility index (Phi) is 3.95. The fourth-order valence-corrected chi connectivity index (χ4v) is 3.81. The lowest BCUT2D eigenvalue weighted by molar-refractivity contribution is 0.0619. The van der Waals surface area contributed by atoms with Gasteiger partial charge in [0.25, 0.3) is 0 Å². The molecule has 1 N–H and O–H groups in total. The van der Waals surface area contributed by atoms with Crippen LogP contribution in [0.15, 0.2) is 30.6 Å². The van der Waals surface area contributed by atoms with Crippen LogP contribution in [0, 0.1) is 12.8 Å². The molecule has 3 atom stereocenters. The smallest absolute Gasteiger partial charge is 0.163 e. The second-order valence-corrected chi connectivity index (χ2v) is 6.50. The van der Waals surface area contributed by atoms with E-state index in [0.29, 0.717) is 18.1 Å². The first-order valence-corrected chi connectivity index (χ1v) is 8.44. The molecule has 2 aromatic heterocycles. The molecule has 3 heterocycles. The predicted octanol–water partition coefficient (Wildman–Crippen LogP) is 3.22. The highest BCUT2D eigenvalue weighted by Gasteiger charge is 2.37. The Hall–Kier alpha value is -2.01. The number of nitrogens with zero attached hydrogens (tertiary/aromatic N) is 3. The maximum Gasteiger partial charge on any atom is 0.163 e. The fraction of sp³-hybridized carbons (Fsp3) is 0.500. The zero-order valence-electron chi connectivity index (χ0n) is 13.4. The molecule has 0 spiro atoms. The number of rotatable bonds is 3. The lowest BCUT2D eigenvalue weighted by Crippen LogP contribution is -2.38. The first-order chi connectivity index (χ1) is 11.3. The summed E-state index contributed by atoms with van der Waals surface area (Å²) in [5.41, 5.74) is 1.92. The fourth-order valence-electron chi connectivity index (χ4n) is 3.81. The van der Waals surface area contributed by atoms with E-state index in [1.165, 1.54) is 19.3 Å². The number of hydrogen-bond donors (Lipinski definition) is 1. The van der Waals surface area contributed by atoms with Gasteiger partial charge in [0, 0.05) is 48.3 Å². The average Bonchev–Trinajstić information content (AvgIpc) is 3.05. The Morgan fingerprint density at radius 3 is 3.04 bits per heavy atom. The van der Waals surface area contributed by atoms with Crippen molar-refractivity contribution >= 4 is 5.82 Å². The summed E-state index contributed by atoms with van der Waals surface area (Å²) in [7, 11) is 0. The van der Waals surface area contributed by atoms with Crippen LogP contribution in [0.5, 0.6) is 0 Å². The van der Waals surface area contributed by atoms with Gasteiger partial charge in [0.1, 0.15) is 5.82 Å². The van der Waals surface area contributed by atoms with Gasteiger partial charge in [-0.25, -0.2) is 9.97 Å². The molecule has 2 aromatic rings. The van der Waals surface area contributed by atoms with Crippen LogP contribution in [0.25, 0.3) is 11.4 Å². The van der Waals surface area contributed by atoms with Gasteiger partial charge >= 0.3 is 0 Å². The minimum Gasteiger partial charge on any atom is -0.378 e. The number of ether oxygens (including phenoxy) is 1. The van der Waals surface area contributed by atoms with Crippen LogP contribution in [0.3, 0.4) is 0 Å². The van der Waals surface area contributed by atoms with Gasteiger partial charge in [0.2, 0.25) is 0 Å². The van der Waals surface area contributed by atoms with E-state index in [0.717, 1.165) is 35.9 Å². The van der Waals surface area contributed by atoms with Crippen LogP contribution in [-0.2, 0) is 4.74 Å². The van der Waals surface area contributed by atoms with Gasteiger partial charge in [-0.15, -0.1) is 0 Å². The predicted molar refractivity (Wildman–Crippen MR) is 89.1 cm³/mol.